The van der Waals surface area contributed by atoms with Gasteiger partial charge in [-0.2, -0.15) is 0 Å². The molecule has 0 bridgehead atoms. The number of halogens is 1. The van der Waals surface area contributed by atoms with Crippen LogP contribution >= 0.6 is 11.6 Å². The average molecular weight is 387 g/mol. The van der Waals surface area contributed by atoms with Crippen molar-refractivity contribution < 1.29 is 9.59 Å². The van der Waals surface area contributed by atoms with Gasteiger partial charge in [0, 0.05) is 36.6 Å². The molecule has 1 aliphatic rings. The molecule has 0 saturated carbocycles. The Hall–Kier alpha value is -2.60. The average Bonchev–Trinajstić information content (AvgIpc) is 2.69. The van der Waals surface area contributed by atoms with Crippen molar-refractivity contribution in [2.75, 3.05) is 29.9 Å². The molecule has 2 heterocycles. The lowest BCUT2D eigenvalue weighted by molar-refractivity contribution is -0.116. The molecule has 27 heavy (non-hydrogen) atoms. The number of nitrogens with one attached hydrogen (secondary N) is 2. The summed E-state index contributed by atoms with van der Waals surface area (Å²) in [6, 6.07) is 10.4. The zero-order valence-electron chi connectivity index (χ0n) is 15.1. The molecule has 1 aromatic heterocycles. The van der Waals surface area contributed by atoms with Crippen LogP contribution in [0.25, 0.3) is 0 Å². The number of hydrogen-bond acceptors (Lipinski definition) is 4. The first-order chi connectivity index (χ1) is 13.1. The van der Waals surface area contributed by atoms with E-state index >= 15 is 0 Å². The number of carbonyl (C=O) groups excluding carboxylic acids is 2. The lowest BCUT2D eigenvalue weighted by Crippen LogP contribution is -2.30. The van der Waals surface area contributed by atoms with Crippen LogP contribution in [0.5, 0.6) is 0 Å². The summed E-state index contributed by atoms with van der Waals surface area (Å²) in [5, 5.41) is 6.10. The van der Waals surface area contributed by atoms with Crippen LogP contribution in [0.3, 0.4) is 0 Å². The standard InChI is InChI=1S/C20H23ClN4O2/c21-16-6-4-15(5-7-16)20(27)22-11-10-19(26)24-17-8-9-18(23-14-17)25-12-2-1-3-13-25/h4-9,14H,1-3,10-13H2,(H,22,27)(H,24,26). The maximum Gasteiger partial charge on any atom is 0.251 e. The number of carbonyl (C=O) groups is 2. The number of anilines is 2. The Kier molecular flexibility index (Phi) is 6.65. The van der Waals surface area contributed by atoms with Gasteiger partial charge in [0.25, 0.3) is 5.91 Å². The third kappa shape index (κ3) is 5.69. The number of hydrogen-bond donors (Lipinski definition) is 2. The molecule has 0 unspecified atom stereocenters. The van der Waals surface area contributed by atoms with E-state index in [2.05, 4.69) is 20.5 Å². The van der Waals surface area contributed by atoms with Crippen molar-refractivity contribution in [1.29, 1.82) is 0 Å². The maximum atomic E-state index is 12.0. The van der Waals surface area contributed by atoms with E-state index in [0.717, 1.165) is 18.9 Å². The van der Waals surface area contributed by atoms with Gasteiger partial charge in [-0.3, -0.25) is 9.59 Å². The highest BCUT2D eigenvalue weighted by Crippen LogP contribution is 2.19. The molecule has 0 atom stereocenters. The van der Waals surface area contributed by atoms with Crippen molar-refractivity contribution in [3.05, 3.63) is 53.2 Å². The Balaban J connectivity index is 1.42. The molecule has 1 aliphatic heterocycles. The zero-order chi connectivity index (χ0) is 19.1. The number of rotatable bonds is 6. The highest BCUT2D eigenvalue weighted by atomic mass is 35.5. The summed E-state index contributed by atoms with van der Waals surface area (Å²) < 4.78 is 0. The van der Waals surface area contributed by atoms with Crippen molar-refractivity contribution in [3.63, 3.8) is 0 Å². The van der Waals surface area contributed by atoms with Gasteiger partial charge < -0.3 is 15.5 Å². The normalized spacial score (nSPS) is 13.9. The van der Waals surface area contributed by atoms with Crippen LogP contribution in [0.4, 0.5) is 11.5 Å². The fourth-order valence-corrected chi connectivity index (χ4v) is 3.11. The molecule has 7 heteroatoms. The van der Waals surface area contributed by atoms with Gasteiger partial charge in [-0.15, -0.1) is 0 Å². The van der Waals surface area contributed by atoms with Gasteiger partial charge in [-0.05, 0) is 55.7 Å². The molecule has 1 saturated heterocycles. The lowest BCUT2D eigenvalue weighted by atomic mass is 10.1. The molecule has 6 nitrogen and oxygen atoms in total. The first-order valence-corrected chi connectivity index (χ1v) is 9.54. The number of aromatic nitrogens is 1. The highest BCUT2D eigenvalue weighted by Gasteiger charge is 2.12. The van der Waals surface area contributed by atoms with Gasteiger partial charge in [0.1, 0.15) is 5.82 Å². The molecule has 2 N–H and O–H groups in total. The second kappa shape index (κ2) is 9.37. The largest absolute Gasteiger partial charge is 0.357 e. The summed E-state index contributed by atoms with van der Waals surface area (Å²) in [7, 11) is 0. The summed E-state index contributed by atoms with van der Waals surface area (Å²) in [5.41, 5.74) is 1.17. The van der Waals surface area contributed by atoms with Gasteiger partial charge in [0.15, 0.2) is 0 Å². The summed E-state index contributed by atoms with van der Waals surface area (Å²) in [4.78, 5) is 30.7. The number of amides is 2. The van der Waals surface area contributed by atoms with Crippen molar-refractivity contribution in [2.24, 2.45) is 0 Å². The van der Waals surface area contributed by atoms with Crippen LogP contribution in [0.1, 0.15) is 36.0 Å². The maximum absolute atomic E-state index is 12.0. The van der Waals surface area contributed by atoms with E-state index in [9.17, 15) is 9.59 Å². The van der Waals surface area contributed by atoms with E-state index in [4.69, 9.17) is 11.6 Å². The first kappa shape index (κ1) is 19.2. The molecule has 0 radical (unpaired) electrons. The van der Waals surface area contributed by atoms with Crippen LogP contribution in [0.15, 0.2) is 42.6 Å². The van der Waals surface area contributed by atoms with Crippen molar-refractivity contribution in [1.82, 2.24) is 10.3 Å². The van der Waals surface area contributed by atoms with Crippen LogP contribution in [-0.4, -0.2) is 36.4 Å². The Bertz CT molecular complexity index is 772. The van der Waals surface area contributed by atoms with Crippen molar-refractivity contribution in [3.8, 4) is 0 Å². The molecule has 2 amide bonds. The number of nitrogens with zero attached hydrogens (tertiary/aromatic N) is 2. The predicted octanol–water partition coefficient (Wildman–Crippen LogP) is 3.48. The monoisotopic (exact) mass is 386 g/mol. The first-order valence-electron chi connectivity index (χ1n) is 9.16. The Morgan fingerprint density at radius 3 is 2.44 bits per heavy atom. The number of piperidine rings is 1. The summed E-state index contributed by atoms with van der Waals surface area (Å²) in [6.45, 7) is 2.32. The molecular weight excluding hydrogens is 364 g/mol. The van der Waals surface area contributed by atoms with Crippen LogP contribution < -0.4 is 15.5 Å². The van der Waals surface area contributed by atoms with Crippen molar-refractivity contribution >= 4 is 34.9 Å². The minimum absolute atomic E-state index is 0.168. The van der Waals surface area contributed by atoms with Crippen LogP contribution in [0.2, 0.25) is 5.02 Å². The van der Waals surface area contributed by atoms with E-state index in [1.54, 1.807) is 30.5 Å². The smallest absolute Gasteiger partial charge is 0.251 e. The van der Waals surface area contributed by atoms with E-state index < -0.39 is 0 Å². The van der Waals surface area contributed by atoms with Crippen LogP contribution in [-0.2, 0) is 4.79 Å². The summed E-state index contributed by atoms with van der Waals surface area (Å²) >= 11 is 5.80. The van der Waals surface area contributed by atoms with E-state index in [0.29, 0.717) is 16.3 Å². The van der Waals surface area contributed by atoms with Gasteiger partial charge in [0.2, 0.25) is 5.91 Å². The summed E-state index contributed by atoms with van der Waals surface area (Å²) in [6.07, 6.45) is 5.53. The van der Waals surface area contributed by atoms with Gasteiger partial charge in [-0.25, -0.2) is 4.98 Å². The Labute approximate surface area is 163 Å². The molecule has 0 aliphatic carbocycles. The quantitative estimate of drug-likeness (QED) is 0.797. The molecule has 2 aromatic rings. The van der Waals surface area contributed by atoms with Gasteiger partial charge in [-0.1, -0.05) is 11.6 Å². The highest BCUT2D eigenvalue weighted by molar-refractivity contribution is 6.30. The van der Waals surface area contributed by atoms with Gasteiger partial charge in [0.05, 0.1) is 11.9 Å². The third-order valence-corrected chi connectivity index (χ3v) is 4.71. The van der Waals surface area contributed by atoms with Crippen LogP contribution in [0, 0.1) is 0 Å². The van der Waals surface area contributed by atoms with E-state index in [-0.39, 0.29) is 24.8 Å². The summed E-state index contributed by atoms with van der Waals surface area (Å²) in [5.74, 6) is 0.550. The van der Waals surface area contributed by atoms with Crippen molar-refractivity contribution in [2.45, 2.75) is 25.7 Å². The second-order valence-electron chi connectivity index (χ2n) is 6.51. The fourth-order valence-electron chi connectivity index (χ4n) is 2.99. The number of benzene rings is 1. The molecule has 0 spiro atoms. The topological polar surface area (TPSA) is 74.3 Å². The number of pyridine rings is 1. The minimum Gasteiger partial charge on any atom is -0.357 e. The molecular formula is C20H23ClN4O2. The molecule has 1 aromatic carbocycles. The molecule has 142 valence electrons. The Morgan fingerprint density at radius 1 is 1.04 bits per heavy atom. The van der Waals surface area contributed by atoms with Gasteiger partial charge >= 0.3 is 0 Å². The zero-order valence-corrected chi connectivity index (χ0v) is 15.8. The fraction of sp³-hybridized carbons (Fsp3) is 0.350. The lowest BCUT2D eigenvalue weighted by Gasteiger charge is -2.27. The van der Waals surface area contributed by atoms with E-state index in [1.165, 1.54) is 19.3 Å². The Morgan fingerprint density at radius 2 is 1.78 bits per heavy atom. The predicted molar refractivity (Wildman–Crippen MR) is 107 cm³/mol. The SMILES string of the molecule is O=C(CCNC(=O)c1ccc(Cl)cc1)Nc1ccc(N2CCCCC2)nc1. The molecule has 1 fully saturated rings. The van der Waals surface area contributed by atoms with E-state index in [1.807, 2.05) is 12.1 Å². The second-order valence-corrected chi connectivity index (χ2v) is 6.95. The minimum atomic E-state index is -0.230. The third-order valence-electron chi connectivity index (χ3n) is 4.46. The molecule has 3 rings (SSSR count).